The van der Waals surface area contributed by atoms with Crippen LogP contribution < -0.4 is 0 Å². The molecule has 2 fully saturated rings. The molecule has 1 N–H and O–H groups in total. The Morgan fingerprint density at radius 3 is 3.07 bits per heavy atom. The van der Waals surface area contributed by atoms with Crippen LogP contribution in [0.5, 0.6) is 0 Å². The van der Waals surface area contributed by atoms with Gasteiger partial charge in [-0.1, -0.05) is 24.3 Å². The van der Waals surface area contributed by atoms with Gasteiger partial charge >= 0.3 is 0 Å². The second-order valence-corrected chi connectivity index (χ2v) is 8.24. The molecule has 4 heterocycles. The van der Waals surface area contributed by atoms with Gasteiger partial charge in [-0.15, -0.1) is 0 Å². The number of likely N-dealkylation sites (tertiary alicyclic amines) is 1. The first-order valence-corrected chi connectivity index (χ1v) is 10.1. The number of aryl methyl sites for hydroxylation is 1. The SMILES string of the molecule is Cc1cncc(COC2CCOC3(C2)CN(C(=O)c2c[nH]c4ccccc24)C3)c1. The number of fused-ring (bicyclic) bond motifs is 1. The van der Waals surface area contributed by atoms with Crippen molar-refractivity contribution >= 4 is 16.8 Å². The van der Waals surface area contributed by atoms with Crippen molar-refractivity contribution in [2.24, 2.45) is 0 Å². The number of aromatic nitrogens is 2. The van der Waals surface area contributed by atoms with Gasteiger partial charge in [0.25, 0.3) is 5.91 Å². The molecule has 1 amide bonds. The van der Waals surface area contributed by atoms with E-state index in [2.05, 4.69) is 16.0 Å². The Balaban J connectivity index is 1.20. The van der Waals surface area contributed by atoms with E-state index in [1.807, 2.05) is 54.7 Å². The number of aromatic amines is 1. The lowest BCUT2D eigenvalue weighted by molar-refractivity contribution is -0.187. The van der Waals surface area contributed by atoms with Crippen LogP contribution in [0.3, 0.4) is 0 Å². The Bertz CT molecular complexity index is 1040. The number of hydrogen-bond acceptors (Lipinski definition) is 4. The van der Waals surface area contributed by atoms with Gasteiger partial charge in [0.2, 0.25) is 0 Å². The highest BCUT2D eigenvalue weighted by Crippen LogP contribution is 2.37. The predicted molar refractivity (Wildman–Crippen MR) is 110 cm³/mol. The number of rotatable bonds is 4. The fourth-order valence-electron chi connectivity index (χ4n) is 4.47. The molecule has 0 radical (unpaired) electrons. The van der Waals surface area contributed by atoms with Crippen molar-refractivity contribution in [2.45, 2.75) is 38.1 Å². The zero-order valence-corrected chi connectivity index (χ0v) is 16.6. The first kappa shape index (κ1) is 18.3. The molecule has 3 aromatic rings. The van der Waals surface area contributed by atoms with E-state index < -0.39 is 0 Å². The summed E-state index contributed by atoms with van der Waals surface area (Å²) in [6, 6.07) is 10.00. The minimum absolute atomic E-state index is 0.0607. The van der Waals surface area contributed by atoms with Gasteiger partial charge in [-0.3, -0.25) is 9.78 Å². The molecular weight excluding hydrogens is 366 g/mol. The van der Waals surface area contributed by atoms with Crippen LogP contribution in [0, 0.1) is 6.92 Å². The third-order valence-corrected chi connectivity index (χ3v) is 5.93. The summed E-state index contributed by atoms with van der Waals surface area (Å²) in [5, 5.41) is 0.969. The standard InChI is InChI=1S/C23H25N3O3/c1-16-8-17(11-24-10-16)13-28-18-6-7-29-23(9-18)14-26(15-23)22(27)20-12-25-21-5-3-2-4-19(20)21/h2-5,8,10-12,18,25H,6-7,9,13-15H2,1H3. The molecule has 1 aromatic carbocycles. The van der Waals surface area contributed by atoms with E-state index in [0.29, 0.717) is 26.3 Å². The number of nitrogens with one attached hydrogen (secondary N) is 1. The summed E-state index contributed by atoms with van der Waals surface area (Å²) < 4.78 is 12.2. The van der Waals surface area contributed by atoms with Crippen LogP contribution in [0.25, 0.3) is 10.9 Å². The topological polar surface area (TPSA) is 67.5 Å². The van der Waals surface area contributed by atoms with Crippen molar-refractivity contribution in [2.75, 3.05) is 19.7 Å². The van der Waals surface area contributed by atoms with E-state index in [-0.39, 0.29) is 17.6 Å². The third-order valence-electron chi connectivity index (χ3n) is 5.93. The van der Waals surface area contributed by atoms with Crippen LogP contribution in [-0.4, -0.2) is 52.2 Å². The molecule has 2 aliphatic rings. The summed E-state index contributed by atoms with van der Waals surface area (Å²) in [4.78, 5) is 22.3. The fourth-order valence-corrected chi connectivity index (χ4v) is 4.47. The quantitative estimate of drug-likeness (QED) is 0.740. The Morgan fingerprint density at radius 1 is 1.34 bits per heavy atom. The van der Waals surface area contributed by atoms with Crippen LogP contribution in [0.1, 0.15) is 34.3 Å². The van der Waals surface area contributed by atoms with Gasteiger partial charge in [0.1, 0.15) is 5.60 Å². The van der Waals surface area contributed by atoms with Crippen molar-refractivity contribution in [3.8, 4) is 0 Å². The van der Waals surface area contributed by atoms with Gasteiger partial charge in [0.05, 0.1) is 31.4 Å². The lowest BCUT2D eigenvalue weighted by Gasteiger charge is -2.53. The van der Waals surface area contributed by atoms with Crippen LogP contribution in [0.15, 0.2) is 48.9 Å². The second-order valence-electron chi connectivity index (χ2n) is 8.24. The molecule has 150 valence electrons. The maximum absolute atomic E-state index is 13.0. The maximum Gasteiger partial charge on any atom is 0.256 e. The Labute approximate surface area is 169 Å². The van der Waals surface area contributed by atoms with E-state index in [1.54, 1.807) is 0 Å². The number of carbonyl (C=O) groups excluding carboxylic acids is 1. The summed E-state index contributed by atoms with van der Waals surface area (Å²) in [5.74, 6) is 0.0607. The largest absolute Gasteiger partial charge is 0.373 e. The van der Waals surface area contributed by atoms with Gasteiger partial charge in [0, 0.05) is 42.5 Å². The van der Waals surface area contributed by atoms with Gasteiger partial charge in [0.15, 0.2) is 0 Å². The van der Waals surface area contributed by atoms with Crippen LogP contribution in [0.4, 0.5) is 0 Å². The number of nitrogens with zero attached hydrogens (tertiary/aromatic N) is 2. The molecule has 2 saturated heterocycles. The minimum atomic E-state index is -0.268. The summed E-state index contributed by atoms with van der Waals surface area (Å²) in [6.07, 6.45) is 7.37. The molecule has 1 spiro atoms. The lowest BCUT2D eigenvalue weighted by Crippen LogP contribution is -2.67. The van der Waals surface area contributed by atoms with Crippen molar-refractivity contribution in [3.63, 3.8) is 0 Å². The van der Waals surface area contributed by atoms with Crippen molar-refractivity contribution in [1.82, 2.24) is 14.9 Å². The van der Waals surface area contributed by atoms with Crippen LogP contribution >= 0.6 is 0 Å². The van der Waals surface area contributed by atoms with Crippen molar-refractivity contribution in [1.29, 1.82) is 0 Å². The number of pyridine rings is 1. The van der Waals surface area contributed by atoms with Gasteiger partial charge in [-0.05, 0) is 30.5 Å². The van der Waals surface area contributed by atoms with E-state index in [0.717, 1.165) is 40.4 Å². The minimum Gasteiger partial charge on any atom is -0.373 e. The van der Waals surface area contributed by atoms with Gasteiger partial charge < -0.3 is 19.4 Å². The average Bonchev–Trinajstić information content (AvgIpc) is 3.14. The Hall–Kier alpha value is -2.70. The molecule has 6 heteroatoms. The number of H-pyrrole nitrogens is 1. The molecule has 0 aliphatic carbocycles. The van der Waals surface area contributed by atoms with E-state index in [9.17, 15) is 4.79 Å². The highest BCUT2D eigenvalue weighted by atomic mass is 16.5. The Morgan fingerprint density at radius 2 is 2.21 bits per heavy atom. The lowest BCUT2D eigenvalue weighted by atomic mass is 9.84. The molecule has 1 atom stereocenters. The molecule has 6 nitrogen and oxygen atoms in total. The summed E-state index contributed by atoms with van der Waals surface area (Å²) in [6.45, 7) is 4.52. The van der Waals surface area contributed by atoms with Gasteiger partial charge in [-0.25, -0.2) is 0 Å². The zero-order valence-electron chi connectivity index (χ0n) is 16.6. The molecular formula is C23H25N3O3. The summed E-state index contributed by atoms with van der Waals surface area (Å²) in [7, 11) is 0. The summed E-state index contributed by atoms with van der Waals surface area (Å²) in [5.41, 5.74) is 3.68. The van der Waals surface area contributed by atoms with Gasteiger partial charge in [-0.2, -0.15) is 0 Å². The maximum atomic E-state index is 13.0. The number of benzene rings is 1. The van der Waals surface area contributed by atoms with Crippen molar-refractivity contribution < 1.29 is 14.3 Å². The Kier molecular flexibility index (Phi) is 4.60. The molecule has 0 saturated carbocycles. The third kappa shape index (κ3) is 3.54. The fraction of sp³-hybridized carbons (Fsp3) is 0.391. The first-order valence-electron chi connectivity index (χ1n) is 10.1. The molecule has 5 rings (SSSR count). The molecule has 1 unspecified atom stereocenters. The van der Waals surface area contributed by atoms with E-state index >= 15 is 0 Å². The molecule has 29 heavy (non-hydrogen) atoms. The number of ether oxygens (including phenoxy) is 2. The highest BCUT2D eigenvalue weighted by Gasteiger charge is 2.49. The smallest absolute Gasteiger partial charge is 0.256 e. The number of hydrogen-bond donors (Lipinski definition) is 1. The number of amides is 1. The summed E-state index contributed by atoms with van der Waals surface area (Å²) >= 11 is 0. The normalized spacial score (nSPS) is 20.7. The van der Waals surface area contributed by atoms with Crippen molar-refractivity contribution in [3.05, 3.63) is 65.6 Å². The van der Waals surface area contributed by atoms with Crippen LogP contribution in [0.2, 0.25) is 0 Å². The zero-order chi connectivity index (χ0) is 19.8. The molecule has 0 bridgehead atoms. The number of para-hydroxylation sites is 1. The molecule has 2 aliphatic heterocycles. The van der Waals surface area contributed by atoms with E-state index in [4.69, 9.17) is 9.47 Å². The number of carbonyl (C=O) groups is 1. The average molecular weight is 391 g/mol. The second kappa shape index (κ2) is 7.28. The highest BCUT2D eigenvalue weighted by molar-refractivity contribution is 6.07. The van der Waals surface area contributed by atoms with E-state index in [1.165, 1.54) is 0 Å². The first-order chi connectivity index (χ1) is 14.1. The van der Waals surface area contributed by atoms with Crippen LogP contribution in [-0.2, 0) is 16.1 Å². The monoisotopic (exact) mass is 391 g/mol. The predicted octanol–water partition coefficient (Wildman–Crippen LogP) is 3.46. The molecule has 2 aromatic heterocycles.